The van der Waals surface area contributed by atoms with Crippen LogP contribution < -0.4 is 14.9 Å². The Morgan fingerprint density at radius 2 is 1.37 bits per heavy atom. The summed E-state index contributed by atoms with van der Waals surface area (Å²) in [6.45, 7) is 5.25. The SMILES string of the molecule is O=C(CCNS(=O)(=O)c1ccccc1)NCc1ccccc1CN1CCN(c2ccccc2)CC1. The van der Waals surface area contributed by atoms with Crippen LogP contribution in [0.4, 0.5) is 5.69 Å². The van der Waals surface area contributed by atoms with Crippen molar-refractivity contribution in [2.24, 2.45) is 0 Å². The Balaban J connectivity index is 1.23. The van der Waals surface area contributed by atoms with Gasteiger partial charge in [0.15, 0.2) is 0 Å². The summed E-state index contributed by atoms with van der Waals surface area (Å²) in [7, 11) is -3.61. The molecule has 0 radical (unpaired) electrons. The molecular weight excluding hydrogens is 460 g/mol. The Labute approximate surface area is 207 Å². The fourth-order valence-electron chi connectivity index (χ4n) is 4.19. The maximum Gasteiger partial charge on any atom is 0.240 e. The van der Waals surface area contributed by atoms with Gasteiger partial charge in [0.1, 0.15) is 0 Å². The quantitative estimate of drug-likeness (QED) is 0.455. The van der Waals surface area contributed by atoms with Crippen molar-refractivity contribution in [2.75, 3.05) is 37.6 Å². The molecule has 0 bridgehead atoms. The number of anilines is 1. The van der Waals surface area contributed by atoms with E-state index >= 15 is 0 Å². The molecule has 3 aromatic carbocycles. The first kappa shape index (κ1) is 24.9. The lowest BCUT2D eigenvalue weighted by molar-refractivity contribution is -0.121. The first-order valence-corrected chi connectivity index (χ1v) is 13.4. The highest BCUT2D eigenvalue weighted by atomic mass is 32.2. The molecule has 1 aliphatic rings. The Morgan fingerprint density at radius 1 is 0.771 bits per heavy atom. The molecule has 2 N–H and O–H groups in total. The van der Waals surface area contributed by atoms with Gasteiger partial charge in [-0.3, -0.25) is 9.69 Å². The van der Waals surface area contributed by atoms with Gasteiger partial charge in [-0.25, -0.2) is 13.1 Å². The number of sulfonamides is 1. The lowest BCUT2D eigenvalue weighted by atomic mass is 10.1. The zero-order chi connectivity index (χ0) is 24.5. The van der Waals surface area contributed by atoms with E-state index < -0.39 is 10.0 Å². The van der Waals surface area contributed by atoms with E-state index in [0.29, 0.717) is 6.54 Å². The van der Waals surface area contributed by atoms with Crippen LogP contribution in [0, 0.1) is 0 Å². The van der Waals surface area contributed by atoms with Crippen molar-refractivity contribution in [3.05, 3.63) is 96.1 Å². The highest BCUT2D eigenvalue weighted by Crippen LogP contribution is 2.18. The summed E-state index contributed by atoms with van der Waals surface area (Å²) in [5.74, 6) is -0.188. The van der Waals surface area contributed by atoms with Gasteiger partial charge in [0.05, 0.1) is 4.90 Å². The normalized spacial score (nSPS) is 14.6. The average molecular weight is 493 g/mol. The molecule has 3 aromatic rings. The number of piperazine rings is 1. The average Bonchev–Trinajstić information content (AvgIpc) is 2.89. The summed E-state index contributed by atoms with van der Waals surface area (Å²) < 4.78 is 27.0. The molecule has 184 valence electrons. The topological polar surface area (TPSA) is 81.7 Å². The molecule has 0 unspecified atom stereocenters. The van der Waals surface area contributed by atoms with E-state index in [1.807, 2.05) is 24.3 Å². The number of amides is 1. The van der Waals surface area contributed by atoms with Crippen LogP contribution >= 0.6 is 0 Å². The van der Waals surface area contributed by atoms with E-state index in [1.54, 1.807) is 18.2 Å². The van der Waals surface area contributed by atoms with Crippen molar-refractivity contribution >= 4 is 21.6 Å². The molecule has 0 saturated carbocycles. The van der Waals surface area contributed by atoms with Crippen molar-refractivity contribution in [2.45, 2.75) is 24.4 Å². The first-order valence-electron chi connectivity index (χ1n) is 11.9. The Morgan fingerprint density at radius 3 is 2.06 bits per heavy atom. The summed E-state index contributed by atoms with van der Waals surface area (Å²) in [6, 6.07) is 26.8. The van der Waals surface area contributed by atoms with E-state index in [-0.39, 0.29) is 23.8 Å². The third-order valence-electron chi connectivity index (χ3n) is 6.18. The van der Waals surface area contributed by atoms with E-state index in [4.69, 9.17) is 0 Å². The smallest absolute Gasteiger partial charge is 0.240 e. The van der Waals surface area contributed by atoms with Crippen molar-refractivity contribution in [3.63, 3.8) is 0 Å². The molecule has 7 nitrogen and oxygen atoms in total. The lowest BCUT2D eigenvalue weighted by Gasteiger charge is -2.36. The fraction of sp³-hybridized carbons (Fsp3) is 0.296. The highest BCUT2D eigenvalue weighted by Gasteiger charge is 2.18. The third-order valence-corrected chi connectivity index (χ3v) is 7.66. The van der Waals surface area contributed by atoms with Crippen LogP contribution in [0.5, 0.6) is 0 Å². The van der Waals surface area contributed by atoms with Crippen LogP contribution in [-0.4, -0.2) is 51.9 Å². The number of hydrogen-bond donors (Lipinski definition) is 2. The molecule has 8 heteroatoms. The first-order chi connectivity index (χ1) is 17.0. The second-order valence-corrected chi connectivity index (χ2v) is 10.4. The van der Waals surface area contributed by atoms with Crippen LogP contribution in [0.1, 0.15) is 17.5 Å². The van der Waals surface area contributed by atoms with Gasteiger partial charge in [0.2, 0.25) is 15.9 Å². The summed E-state index contributed by atoms with van der Waals surface area (Å²) in [6.07, 6.45) is 0.0790. The number of hydrogen-bond acceptors (Lipinski definition) is 5. The highest BCUT2D eigenvalue weighted by molar-refractivity contribution is 7.89. The third kappa shape index (κ3) is 7.14. The summed E-state index contributed by atoms with van der Waals surface area (Å²) >= 11 is 0. The number of nitrogens with one attached hydrogen (secondary N) is 2. The molecule has 1 aliphatic heterocycles. The van der Waals surface area contributed by atoms with Gasteiger partial charge in [-0.2, -0.15) is 0 Å². The molecule has 1 fully saturated rings. The van der Waals surface area contributed by atoms with Gasteiger partial charge in [-0.15, -0.1) is 0 Å². The number of benzene rings is 3. The van der Waals surface area contributed by atoms with Gasteiger partial charge in [-0.05, 0) is 35.4 Å². The second-order valence-electron chi connectivity index (χ2n) is 8.61. The maximum absolute atomic E-state index is 12.3. The lowest BCUT2D eigenvalue weighted by Crippen LogP contribution is -2.46. The number of carbonyl (C=O) groups excluding carboxylic acids is 1. The molecule has 0 aliphatic carbocycles. The van der Waals surface area contributed by atoms with Gasteiger partial charge < -0.3 is 10.2 Å². The van der Waals surface area contributed by atoms with E-state index in [1.165, 1.54) is 23.4 Å². The molecule has 1 heterocycles. The van der Waals surface area contributed by atoms with E-state index in [0.717, 1.165) is 38.3 Å². The number of rotatable bonds is 10. The molecule has 35 heavy (non-hydrogen) atoms. The van der Waals surface area contributed by atoms with Crippen LogP contribution in [-0.2, 0) is 27.9 Å². The Kier molecular flexibility index (Phi) is 8.52. The molecule has 1 amide bonds. The number of para-hydroxylation sites is 1. The minimum atomic E-state index is -3.61. The standard InChI is InChI=1S/C27H32N4O3S/c32-27(15-16-29-35(33,34)26-13-5-2-6-14-26)28-21-23-9-7-8-10-24(23)22-30-17-19-31(20-18-30)25-11-3-1-4-12-25/h1-14,29H,15-22H2,(H,28,32). The minimum Gasteiger partial charge on any atom is -0.369 e. The zero-order valence-corrected chi connectivity index (χ0v) is 20.6. The predicted octanol–water partition coefficient (Wildman–Crippen LogP) is 2.99. The molecule has 1 saturated heterocycles. The maximum atomic E-state index is 12.3. The zero-order valence-electron chi connectivity index (χ0n) is 19.8. The molecule has 0 spiro atoms. The van der Waals surface area contributed by atoms with Crippen LogP contribution in [0.3, 0.4) is 0 Å². The molecule has 4 rings (SSSR count). The van der Waals surface area contributed by atoms with Crippen LogP contribution in [0.2, 0.25) is 0 Å². The predicted molar refractivity (Wildman–Crippen MR) is 138 cm³/mol. The van der Waals surface area contributed by atoms with Gasteiger partial charge in [0.25, 0.3) is 0 Å². The molecule has 0 atom stereocenters. The van der Waals surface area contributed by atoms with E-state index in [2.05, 4.69) is 50.2 Å². The second kappa shape index (κ2) is 12.0. The number of nitrogens with zero attached hydrogens (tertiary/aromatic N) is 2. The van der Waals surface area contributed by atoms with Gasteiger partial charge in [0, 0.05) is 57.9 Å². The van der Waals surface area contributed by atoms with Crippen molar-refractivity contribution in [3.8, 4) is 0 Å². The number of carbonyl (C=O) groups is 1. The van der Waals surface area contributed by atoms with Crippen LogP contribution in [0.15, 0.2) is 89.8 Å². The fourth-order valence-corrected chi connectivity index (χ4v) is 5.25. The van der Waals surface area contributed by atoms with E-state index in [9.17, 15) is 13.2 Å². The largest absolute Gasteiger partial charge is 0.369 e. The Bertz CT molecular complexity index is 1200. The minimum absolute atomic E-state index is 0.0520. The summed E-state index contributed by atoms with van der Waals surface area (Å²) in [5.41, 5.74) is 3.54. The van der Waals surface area contributed by atoms with Crippen molar-refractivity contribution in [1.29, 1.82) is 0 Å². The van der Waals surface area contributed by atoms with Gasteiger partial charge >= 0.3 is 0 Å². The molecular formula is C27H32N4O3S. The van der Waals surface area contributed by atoms with Crippen molar-refractivity contribution in [1.82, 2.24) is 14.9 Å². The summed E-state index contributed by atoms with van der Waals surface area (Å²) in [5, 5.41) is 2.93. The van der Waals surface area contributed by atoms with Crippen molar-refractivity contribution < 1.29 is 13.2 Å². The Hall–Kier alpha value is -3.20. The van der Waals surface area contributed by atoms with Gasteiger partial charge in [-0.1, -0.05) is 60.7 Å². The molecule has 0 aromatic heterocycles. The summed E-state index contributed by atoms with van der Waals surface area (Å²) in [4.78, 5) is 17.4. The monoisotopic (exact) mass is 492 g/mol. The van der Waals surface area contributed by atoms with Crippen LogP contribution in [0.25, 0.3) is 0 Å².